The molecule has 0 aromatic heterocycles. The summed E-state index contributed by atoms with van der Waals surface area (Å²) < 4.78 is 0. The minimum Gasteiger partial charge on any atom is -0.308 e. The zero-order chi connectivity index (χ0) is 5.11. The summed E-state index contributed by atoms with van der Waals surface area (Å²) in [6.45, 7) is 0. The first-order valence-corrected chi connectivity index (χ1v) is 1.94. The van der Waals surface area contributed by atoms with Crippen LogP contribution in [0.3, 0.4) is 0 Å². The predicted molar refractivity (Wildman–Crippen MR) is 24.3 cm³/mol. The molecule has 0 saturated carbocycles. The maximum Gasteiger partial charge on any atom is 0.0657 e. The van der Waals surface area contributed by atoms with Crippen LogP contribution in [0.1, 0.15) is 0 Å². The van der Waals surface area contributed by atoms with E-state index in [1.807, 2.05) is 0 Å². The molecule has 7 heavy (non-hydrogen) atoms. The van der Waals surface area contributed by atoms with Crippen molar-refractivity contribution < 1.29 is 4.84 Å². The van der Waals surface area contributed by atoms with Crippen molar-refractivity contribution in [1.82, 2.24) is 16.1 Å². The molecule has 40 valence electrons. The molecule has 0 saturated heterocycles. The second-order valence-electron chi connectivity index (χ2n) is 1.08. The van der Waals surface area contributed by atoms with Gasteiger partial charge in [-0.05, 0) is 0 Å². The van der Waals surface area contributed by atoms with Crippen LogP contribution in [-0.2, 0) is 4.84 Å². The van der Waals surface area contributed by atoms with Gasteiger partial charge in [0.2, 0.25) is 0 Å². The van der Waals surface area contributed by atoms with Crippen molar-refractivity contribution in [2.45, 2.75) is 0 Å². The van der Waals surface area contributed by atoms with Gasteiger partial charge in [0.1, 0.15) is 0 Å². The molecule has 1 heterocycles. The number of nitrogens with one attached hydrogen (secondary N) is 2. The predicted octanol–water partition coefficient (Wildman–Crippen LogP) is -0.656. The first-order chi connectivity index (χ1) is 3.43. The average Bonchev–Trinajstić information content (AvgIpc) is 2.14. The second-order valence-corrected chi connectivity index (χ2v) is 1.08. The normalized spacial score (nSPS) is 17.6. The molecule has 0 radical (unpaired) electrons. The largest absolute Gasteiger partial charge is 0.308 e. The third-order valence-electron chi connectivity index (χ3n) is 0.665. The van der Waals surface area contributed by atoms with E-state index in [0.717, 1.165) is 0 Å². The maximum absolute atomic E-state index is 4.68. The molecular weight excluding hydrogens is 94.1 g/mol. The Labute approximate surface area is 41.6 Å². The first-order valence-electron chi connectivity index (χ1n) is 1.94. The summed E-state index contributed by atoms with van der Waals surface area (Å²) in [6, 6.07) is 0. The molecule has 1 aliphatic rings. The smallest absolute Gasteiger partial charge is 0.0657 e. The van der Waals surface area contributed by atoms with Crippen LogP contribution < -0.4 is 11.0 Å². The van der Waals surface area contributed by atoms with E-state index in [1.165, 1.54) is 5.17 Å². The van der Waals surface area contributed by atoms with E-state index < -0.39 is 0 Å². The highest BCUT2D eigenvalue weighted by Gasteiger charge is 1.95. The van der Waals surface area contributed by atoms with Crippen molar-refractivity contribution in [2.24, 2.45) is 0 Å². The fourth-order valence-electron chi connectivity index (χ4n) is 0.350. The molecule has 0 unspecified atom stereocenters. The van der Waals surface area contributed by atoms with Gasteiger partial charge < -0.3 is 5.43 Å². The minimum atomic E-state index is 1.44. The van der Waals surface area contributed by atoms with Gasteiger partial charge in [-0.3, -0.25) is 4.84 Å². The van der Waals surface area contributed by atoms with Crippen LogP contribution in [0.5, 0.6) is 0 Å². The number of nitrogens with zero attached hydrogens (tertiary/aromatic N) is 1. The van der Waals surface area contributed by atoms with Crippen LogP contribution in [0, 0.1) is 0 Å². The minimum absolute atomic E-state index is 1.44. The van der Waals surface area contributed by atoms with Crippen molar-refractivity contribution >= 4 is 0 Å². The van der Waals surface area contributed by atoms with E-state index in [0.29, 0.717) is 0 Å². The number of hydrogen-bond donors (Lipinski definition) is 2. The number of hydrazine groups is 2. The van der Waals surface area contributed by atoms with Crippen LogP contribution in [0.25, 0.3) is 0 Å². The highest BCUT2D eigenvalue weighted by Crippen LogP contribution is 1.84. The zero-order valence-corrected chi connectivity index (χ0v) is 4.01. The number of hydroxylamine groups is 1. The Morgan fingerprint density at radius 3 is 2.86 bits per heavy atom. The van der Waals surface area contributed by atoms with Crippen LogP contribution >= 0.6 is 0 Å². The SMILES string of the molecule is CON1C=CNN1. The molecule has 4 nitrogen and oxygen atoms in total. The summed E-state index contributed by atoms with van der Waals surface area (Å²) in [6.07, 6.45) is 3.45. The van der Waals surface area contributed by atoms with Crippen molar-refractivity contribution in [3.05, 3.63) is 12.4 Å². The molecule has 0 atom stereocenters. The van der Waals surface area contributed by atoms with Crippen molar-refractivity contribution in [1.29, 1.82) is 0 Å². The highest BCUT2D eigenvalue weighted by atomic mass is 16.7. The van der Waals surface area contributed by atoms with Gasteiger partial charge in [-0.25, -0.2) is 0 Å². The number of hydrogen-bond acceptors (Lipinski definition) is 4. The Morgan fingerprint density at radius 2 is 2.57 bits per heavy atom. The average molecular weight is 101 g/mol. The third-order valence-corrected chi connectivity index (χ3v) is 0.665. The van der Waals surface area contributed by atoms with Crippen molar-refractivity contribution in [2.75, 3.05) is 7.11 Å². The summed E-state index contributed by atoms with van der Waals surface area (Å²) in [4.78, 5) is 4.68. The maximum atomic E-state index is 4.68. The summed E-state index contributed by atoms with van der Waals surface area (Å²) >= 11 is 0. The standard InChI is InChI=1S/C3H7N3O/c1-7-6-3-2-4-5-6/h2-5H,1H3. The monoisotopic (exact) mass is 101 g/mol. The topological polar surface area (TPSA) is 36.5 Å². The first kappa shape index (κ1) is 4.42. The summed E-state index contributed by atoms with van der Waals surface area (Å²) in [7, 11) is 1.57. The summed E-state index contributed by atoms with van der Waals surface area (Å²) in [5.41, 5.74) is 5.35. The molecule has 0 amide bonds. The highest BCUT2D eigenvalue weighted by molar-refractivity contribution is 4.77. The molecule has 0 spiro atoms. The molecule has 0 aromatic carbocycles. The van der Waals surface area contributed by atoms with E-state index in [4.69, 9.17) is 0 Å². The lowest BCUT2D eigenvalue weighted by atomic mass is 11.0. The quantitative estimate of drug-likeness (QED) is 0.460. The van der Waals surface area contributed by atoms with E-state index in [2.05, 4.69) is 15.8 Å². The van der Waals surface area contributed by atoms with E-state index in [9.17, 15) is 0 Å². The lowest BCUT2D eigenvalue weighted by Crippen LogP contribution is -2.34. The van der Waals surface area contributed by atoms with Gasteiger partial charge in [0, 0.05) is 6.20 Å². The van der Waals surface area contributed by atoms with Gasteiger partial charge in [-0.15, -0.1) is 5.53 Å². The Hall–Kier alpha value is -0.740. The molecule has 0 aromatic rings. The third kappa shape index (κ3) is 0.819. The van der Waals surface area contributed by atoms with Gasteiger partial charge in [0.05, 0.1) is 13.3 Å². The van der Waals surface area contributed by atoms with Crippen molar-refractivity contribution in [3.63, 3.8) is 0 Å². The van der Waals surface area contributed by atoms with Gasteiger partial charge in [0.25, 0.3) is 0 Å². The Balaban J connectivity index is 2.28. The molecule has 4 heteroatoms. The van der Waals surface area contributed by atoms with Gasteiger partial charge >= 0.3 is 0 Å². The van der Waals surface area contributed by atoms with Gasteiger partial charge in [-0.2, -0.15) is 5.17 Å². The molecule has 0 bridgehead atoms. The molecule has 1 rings (SSSR count). The van der Waals surface area contributed by atoms with Crippen LogP contribution in [0.4, 0.5) is 0 Å². The number of rotatable bonds is 1. The summed E-state index contributed by atoms with van der Waals surface area (Å²) in [5, 5.41) is 1.44. The van der Waals surface area contributed by atoms with Crippen molar-refractivity contribution in [3.8, 4) is 0 Å². The lowest BCUT2D eigenvalue weighted by molar-refractivity contribution is -0.127. The Morgan fingerprint density at radius 1 is 1.71 bits per heavy atom. The van der Waals surface area contributed by atoms with E-state index >= 15 is 0 Å². The lowest BCUT2D eigenvalue weighted by Gasteiger charge is -2.09. The molecule has 1 aliphatic heterocycles. The fourth-order valence-corrected chi connectivity index (χ4v) is 0.350. The van der Waals surface area contributed by atoms with Crippen LogP contribution in [0.15, 0.2) is 12.4 Å². The van der Waals surface area contributed by atoms with Gasteiger partial charge in [0.15, 0.2) is 0 Å². The molecular formula is C3H7N3O. The van der Waals surface area contributed by atoms with E-state index in [1.54, 1.807) is 19.5 Å². The molecule has 0 aliphatic carbocycles. The summed E-state index contributed by atoms with van der Waals surface area (Å²) in [5.74, 6) is 0. The second kappa shape index (κ2) is 1.81. The molecule has 0 fully saturated rings. The van der Waals surface area contributed by atoms with E-state index in [-0.39, 0.29) is 0 Å². The van der Waals surface area contributed by atoms with Crippen LogP contribution in [0.2, 0.25) is 0 Å². The van der Waals surface area contributed by atoms with Crippen LogP contribution in [-0.4, -0.2) is 12.3 Å². The Kier molecular flexibility index (Phi) is 1.14. The molecule has 2 N–H and O–H groups in total. The zero-order valence-electron chi connectivity index (χ0n) is 4.01. The van der Waals surface area contributed by atoms with Gasteiger partial charge in [-0.1, -0.05) is 0 Å². The Bertz CT molecular complexity index is 82.2. The fraction of sp³-hybridized carbons (Fsp3) is 0.333.